The lowest BCUT2D eigenvalue weighted by Crippen LogP contribution is -2.53. The molecule has 19 heavy (non-hydrogen) atoms. The van der Waals surface area contributed by atoms with Crippen molar-refractivity contribution in [2.45, 2.75) is 45.3 Å². The lowest BCUT2D eigenvalue weighted by Gasteiger charge is -2.32. The molecule has 1 aromatic rings. The molecule has 1 aliphatic rings. The molecule has 1 fully saturated rings. The van der Waals surface area contributed by atoms with E-state index >= 15 is 0 Å². The number of nitrogens with one attached hydrogen (secondary N) is 1. The second-order valence-corrected chi connectivity index (χ2v) is 5.64. The van der Waals surface area contributed by atoms with Crippen molar-refractivity contribution in [2.24, 2.45) is 0 Å². The van der Waals surface area contributed by atoms with Crippen LogP contribution in [0.3, 0.4) is 0 Å². The van der Waals surface area contributed by atoms with Crippen LogP contribution in [-0.4, -0.2) is 28.3 Å². The fourth-order valence-electron chi connectivity index (χ4n) is 2.40. The maximum atomic E-state index is 12.5. The second-order valence-electron chi connectivity index (χ2n) is 5.64. The van der Waals surface area contributed by atoms with Gasteiger partial charge in [-0.1, -0.05) is 30.3 Å². The van der Waals surface area contributed by atoms with Gasteiger partial charge in [-0.2, -0.15) is 0 Å². The SMILES string of the molecule is CC1CC(=O)NC(C)(C)C(=O)N1Cc1ccccc1. The van der Waals surface area contributed by atoms with E-state index in [0.29, 0.717) is 13.0 Å². The van der Waals surface area contributed by atoms with Gasteiger partial charge >= 0.3 is 0 Å². The molecule has 1 atom stereocenters. The van der Waals surface area contributed by atoms with Crippen molar-refractivity contribution < 1.29 is 9.59 Å². The molecular formula is C15H20N2O2. The molecule has 2 amide bonds. The van der Waals surface area contributed by atoms with Gasteiger partial charge in [-0.05, 0) is 26.3 Å². The molecule has 0 aliphatic carbocycles. The zero-order valence-corrected chi connectivity index (χ0v) is 11.6. The van der Waals surface area contributed by atoms with Gasteiger partial charge in [0.2, 0.25) is 11.8 Å². The average molecular weight is 260 g/mol. The van der Waals surface area contributed by atoms with Crippen LogP contribution in [0.4, 0.5) is 0 Å². The molecule has 1 N–H and O–H groups in total. The Labute approximate surface area is 113 Å². The van der Waals surface area contributed by atoms with E-state index in [1.807, 2.05) is 37.3 Å². The maximum Gasteiger partial charge on any atom is 0.248 e. The number of carbonyl (C=O) groups is 2. The number of hydrogen-bond acceptors (Lipinski definition) is 2. The van der Waals surface area contributed by atoms with Gasteiger partial charge in [0.15, 0.2) is 0 Å². The van der Waals surface area contributed by atoms with Crippen molar-refractivity contribution in [3.63, 3.8) is 0 Å². The highest BCUT2D eigenvalue weighted by Gasteiger charge is 2.39. The molecule has 1 saturated heterocycles. The van der Waals surface area contributed by atoms with Crippen molar-refractivity contribution in [3.05, 3.63) is 35.9 Å². The molecule has 0 aromatic heterocycles. The van der Waals surface area contributed by atoms with E-state index in [4.69, 9.17) is 0 Å². The highest BCUT2D eigenvalue weighted by atomic mass is 16.2. The quantitative estimate of drug-likeness (QED) is 0.880. The number of nitrogens with zero attached hydrogens (tertiary/aromatic N) is 1. The van der Waals surface area contributed by atoms with Gasteiger partial charge in [-0.3, -0.25) is 9.59 Å². The fraction of sp³-hybridized carbons (Fsp3) is 0.467. The molecule has 1 aliphatic heterocycles. The Bertz CT molecular complexity index is 482. The summed E-state index contributed by atoms with van der Waals surface area (Å²) in [7, 11) is 0. The summed E-state index contributed by atoms with van der Waals surface area (Å²) in [6, 6.07) is 9.76. The summed E-state index contributed by atoms with van der Waals surface area (Å²) >= 11 is 0. The third-order valence-electron chi connectivity index (χ3n) is 3.46. The largest absolute Gasteiger partial charge is 0.342 e. The summed E-state index contributed by atoms with van der Waals surface area (Å²) < 4.78 is 0. The summed E-state index contributed by atoms with van der Waals surface area (Å²) in [6.07, 6.45) is 0.349. The average Bonchev–Trinajstić information content (AvgIpc) is 2.41. The van der Waals surface area contributed by atoms with E-state index in [1.165, 1.54) is 0 Å². The summed E-state index contributed by atoms with van der Waals surface area (Å²) in [4.78, 5) is 26.1. The molecular weight excluding hydrogens is 240 g/mol. The summed E-state index contributed by atoms with van der Waals surface area (Å²) in [5, 5.41) is 2.78. The van der Waals surface area contributed by atoms with Crippen LogP contribution in [0.2, 0.25) is 0 Å². The van der Waals surface area contributed by atoms with Crippen LogP contribution in [0.15, 0.2) is 30.3 Å². The predicted octanol–water partition coefficient (Wildman–Crippen LogP) is 1.70. The van der Waals surface area contributed by atoms with E-state index in [-0.39, 0.29) is 17.9 Å². The maximum absolute atomic E-state index is 12.5. The number of carbonyl (C=O) groups excluding carboxylic acids is 2. The van der Waals surface area contributed by atoms with Crippen LogP contribution in [0.5, 0.6) is 0 Å². The highest BCUT2D eigenvalue weighted by molar-refractivity contribution is 5.93. The smallest absolute Gasteiger partial charge is 0.248 e. The van der Waals surface area contributed by atoms with Crippen molar-refractivity contribution in [1.29, 1.82) is 0 Å². The minimum atomic E-state index is -0.837. The van der Waals surface area contributed by atoms with Crippen LogP contribution >= 0.6 is 0 Å². The standard InChI is InChI=1S/C15H20N2O2/c1-11-9-13(18)16-15(2,3)14(19)17(11)10-12-7-5-4-6-8-12/h4-8,11H,9-10H2,1-3H3,(H,16,18). The second kappa shape index (κ2) is 5.03. The van der Waals surface area contributed by atoms with Crippen LogP contribution in [-0.2, 0) is 16.1 Å². The molecule has 1 aromatic carbocycles. The van der Waals surface area contributed by atoms with E-state index < -0.39 is 5.54 Å². The number of rotatable bonds is 2. The molecule has 2 rings (SSSR count). The topological polar surface area (TPSA) is 49.4 Å². The first kappa shape index (κ1) is 13.6. The molecule has 4 heteroatoms. The van der Waals surface area contributed by atoms with Gasteiger partial charge in [0, 0.05) is 19.0 Å². The third-order valence-corrected chi connectivity index (χ3v) is 3.46. The Balaban J connectivity index is 2.26. The monoisotopic (exact) mass is 260 g/mol. The van der Waals surface area contributed by atoms with Gasteiger partial charge in [0.05, 0.1) is 0 Å². The molecule has 0 spiro atoms. The molecule has 1 heterocycles. The normalized spacial score (nSPS) is 22.9. The van der Waals surface area contributed by atoms with Gasteiger partial charge in [-0.25, -0.2) is 0 Å². The number of amides is 2. The zero-order valence-electron chi connectivity index (χ0n) is 11.6. The Hall–Kier alpha value is -1.84. The lowest BCUT2D eigenvalue weighted by atomic mass is 10.0. The molecule has 0 bridgehead atoms. The summed E-state index contributed by atoms with van der Waals surface area (Å²) in [6.45, 7) is 5.97. The minimum Gasteiger partial charge on any atom is -0.342 e. The lowest BCUT2D eigenvalue weighted by molar-refractivity contribution is -0.139. The molecule has 1 unspecified atom stereocenters. The summed E-state index contributed by atoms with van der Waals surface area (Å²) in [5.41, 5.74) is 0.240. The predicted molar refractivity (Wildman–Crippen MR) is 73.3 cm³/mol. The first-order valence-electron chi connectivity index (χ1n) is 6.56. The Morgan fingerprint density at radius 1 is 1.26 bits per heavy atom. The van der Waals surface area contributed by atoms with Crippen molar-refractivity contribution >= 4 is 11.8 Å². The van der Waals surface area contributed by atoms with Crippen molar-refractivity contribution in [2.75, 3.05) is 0 Å². The highest BCUT2D eigenvalue weighted by Crippen LogP contribution is 2.20. The Morgan fingerprint density at radius 2 is 1.89 bits per heavy atom. The molecule has 0 radical (unpaired) electrons. The van der Waals surface area contributed by atoms with Crippen LogP contribution in [0.1, 0.15) is 32.8 Å². The van der Waals surface area contributed by atoms with Crippen molar-refractivity contribution in [1.82, 2.24) is 10.2 Å². The minimum absolute atomic E-state index is 0.0327. The Kier molecular flexibility index (Phi) is 3.60. The van der Waals surface area contributed by atoms with E-state index in [1.54, 1.807) is 18.7 Å². The molecule has 4 nitrogen and oxygen atoms in total. The molecule has 102 valence electrons. The van der Waals surface area contributed by atoms with Gasteiger partial charge < -0.3 is 10.2 Å². The fourth-order valence-corrected chi connectivity index (χ4v) is 2.40. The third kappa shape index (κ3) is 2.95. The first-order valence-corrected chi connectivity index (χ1v) is 6.56. The van der Waals surface area contributed by atoms with Gasteiger partial charge in [-0.15, -0.1) is 0 Å². The van der Waals surface area contributed by atoms with Gasteiger partial charge in [0.25, 0.3) is 0 Å². The number of hydrogen-bond donors (Lipinski definition) is 1. The van der Waals surface area contributed by atoms with Crippen LogP contribution in [0.25, 0.3) is 0 Å². The Morgan fingerprint density at radius 3 is 2.53 bits per heavy atom. The zero-order chi connectivity index (χ0) is 14.0. The first-order chi connectivity index (χ1) is 8.90. The van der Waals surface area contributed by atoms with E-state index in [9.17, 15) is 9.59 Å². The van der Waals surface area contributed by atoms with Crippen molar-refractivity contribution in [3.8, 4) is 0 Å². The van der Waals surface area contributed by atoms with Gasteiger partial charge in [0.1, 0.15) is 5.54 Å². The number of benzene rings is 1. The summed E-state index contributed by atoms with van der Waals surface area (Å²) in [5.74, 6) is -0.101. The van der Waals surface area contributed by atoms with E-state index in [2.05, 4.69) is 5.32 Å². The van der Waals surface area contributed by atoms with Crippen LogP contribution in [0, 0.1) is 0 Å². The van der Waals surface area contributed by atoms with Crippen LogP contribution < -0.4 is 5.32 Å². The van der Waals surface area contributed by atoms with E-state index in [0.717, 1.165) is 5.56 Å². The molecule has 0 saturated carbocycles.